The number of hydrogen-bond acceptors (Lipinski definition) is 10. The summed E-state index contributed by atoms with van der Waals surface area (Å²) in [7, 11) is 0. The molecule has 0 aliphatic carbocycles. The van der Waals surface area contributed by atoms with Crippen molar-refractivity contribution in [3.8, 4) is 0 Å². The topological polar surface area (TPSA) is 40.5 Å². The first kappa shape index (κ1) is 18.3. The first-order valence-electron chi connectivity index (χ1n) is 6.90. The zero-order valence-corrected chi connectivity index (χ0v) is 18.4. The summed E-state index contributed by atoms with van der Waals surface area (Å²) in [6.45, 7) is 0.119. The monoisotopic (exact) mass is 458 g/mol. The highest BCUT2D eigenvalue weighted by molar-refractivity contribution is 8.45. The highest BCUT2D eigenvalue weighted by atomic mass is 32.3. The third kappa shape index (κ3) is 3.82. The van der Waals surface area contributed by atoms with E-state index < -0.39 is 0 Å². The minimum absolute atomic E-state index is 0.0597. The Hall–Kier alpha value is 1.94. The van der Waals surface area contributed by atoms with Crippen molar-refractivity contribution in [1.82, 2.24) is 0 Å². The number of hydrogen-bond donors (Lipinski definition) is 2. The van der Waals surface area contributed by atoms with Crippen LogP contribution in [0.3, 0.4) is 0 Å². The zero-order valence-electron chi connectivity index (χ0n) is 11.9. The van der Waals surface area contributed by atoms with Crippen LogP contribution in [0.4, 0.5) is 0 Å². The van der Waals surface area contributed by atoms with Crippen molar-refractivity contribution in [2.24, 2.45) is 5.41 Å². The van der Waals surface area contributed by atoms with E-state index in [1.54, 1.807) is 23.5 Å². The van der Waals surface area contributed by atoms with Crippen molar-refractivity contribution in [3.63, 3.8) is 0 Å². The Balaban J connectivity index is 1.45. The maximum Gasteiger partial charge on any atom is 0.0717 e. The molecule has 0 saturated carbocycles. The van der Waals surface area contributed by atoms with Gasteiger partial charge in [-0.25, -0.2) is 0 Å². The van der Waals surface area contributed by atoms with E-state index >= 15 is 0 Å². The molecule has 0 saturated heterocycles. The molecule has 4 aliphatic rings. The molecule has 23 heavy (non-hydrogen) atoms. The second kappa shape index (κ2) is 7.90. The molecule has 2 nitrogen and oxygen atoms in total. The Kier molecular flexibility index (Phi) is 6.29. The lowest BCUT2D eigenvalue weighted by atomic mass is 9.96. The Morgan fingerprint density at radius 1 is 0.609 bits per heavy atom. The summed E-state index contributed by atoms with van der Waals surface area (Å²) in [4.78, 5) is 0. The molecule has 0 fully saturated rings. The molecule has 4 rings (SSSR count). The standard InChI is InChI=1S/C13H14O2S8/c14-3-13(4-15)5-18-9-10(19-6-13)23-12(22-9)11-20-7-8(21-11)17-2-1-16-7/h14-15H,1-6H2. The summed E-state index contributed by atoms with van der Waals surface area (Å²) < 4.78 is 8.57. The molecular formula is C13H14O2S8. The van der Waals surface area contributed by atoms with E-state index in [1.165, 1.54) is 36.9 Å². The average molecular weight is 459 g/mol. The van der Waals surface area contributed by atoms with E-state index in [9.17, 15) is 10.2 Å². The largest absolute Gasteiger partial charge is 0.396 e. The summed E-state index contributed by atoms with van der Waals surface area (Å²) in [6.07, 6.45) is 0. The van der Waals surface area contributed by atoms with Crippen molar-refractivity contribution in [1.29, 1.82) is 0 Å². The van der Waals surface area contributed by atoms with Crippen LogP contribution in [0.15, 0.2) is 25.4 Å². The molecule has 0 bridgehead atoms. The first-order chi connectivity index (χ1) is 11.2. The fraction of sp³-hybridized carbons (Fsp3) is 0.538. The maximum atomic E-state index is 9.63. The molecule has 0 amide bonds. The molecule has 0 unspecified atom stereocenters. The van der Waals surface area contributed by atoms with Gasteiger partial charge in [0.15, 0.2) is 0 Å². The minimum atomic E-state index is -0.348. The van der Waals surface area contributed by atoms with Crippen LogP contribution in [0.1, 0.15) is 0 Å². The molecule has 2 N–H and O–H groups in total. The van der Waals surface area contributed by atoms with Crippen LogP contribution in [0.25, 0.3) is 0 Å². The predicted octanol–water partition coefficient (Wildman–Crippen LogP) is 5.26. The molecular weight excluding hydrogens is 445 g/mol. The van der Waals surface area contributed by atoms with Gasteiger partial charge in [-0.2, -0.15) is 0 Å². The molecule has 4 heterocycles. The number of rotatable bonds is 2. The van der Waals surface area contributed by atoms with Gasteiger partial charge in [-0.1, -0.05) is 47.0 Å². The normalized spacial score (nSPS) is 27.4. The number of thioether (sulfide) groups is 8. The van der Waals surface area contributed by atoms with Gasteiger partial charge in [0.1, 0.15) is 0 Å². The van der Waals surface area contributed by atoms with Crippen LogP contribution >= 0.6 is 94.1 Å². The summed E-state index contributed by atoms with van der Waals surface area (Å²) in [6, 6.07) is 0. The van der Waals surface area contributed by atoms with E-state index in [0.717, 1.165) is 11.5 Å². The molecule has 0 spiro atoms. The molecule has 10 heteroatoms. The quantitative estimate of drug-likeness (QED) is 0.573. The van der Waals surface area contributed by atoms with Crippen molar-refractivity contribution in [2.75, 3.05) is 36.2 Å². The van der Waals surface area contributed by atoms with Crippen LogP contribution < -0.4 is 0 Å². The lowest BCUT2D eigenvalue weighted by molar-refractivity contribution is 0.0935. The van der Waals surface area contributed by atoms with E-state index in [2.05, 4.69) is 0 Å². The zero-order chi connectivity index (χ0) is 15.9. The number of aliphatic hydroxyl groups is 2. The minimum Gasteiger partial charge on any atom is -0.396 e. The van der Waals surface area contributed by atoms with Crippen molar-refractivity contribution in [3.05, 3.63) is 25.4 Å². The second-order valence-electron chi connectivity index (χ2n) is 5.22. The van der Waals surface area contributed by atoms with Gasteiger partial charge in [0.05, 0.1) is 38.6 Å². The number of aliphatic hydroxyl groups excluding tert-OH is 2. The Morgan fingerprint density at radius 2 is 1.00 bits per heavy atom. The van der Waals surface area contributed by atoms with Gasteiger partial charge in [0, 0.05) is 28.4 Å². The third-order valence-electron chi connectivity index (χ3n) is 3.48. The van der Waals surface area contributed by atoms with Gasteiger partial charge >= 0.3 is 0 Å². The van der Waals surface area contributed by atoms with E-state index in [1.807, 2.05) is 70.6 Å². The van der Waals surface area contributed by atoms with Crippen LogP contribution in [0, 0.1) is 5.41 Å². The van der Waals surface area contributed by atoms with Gasteiger partial charge in [-0.3, -0.25) is 0 Å². The lowest BCUT2D eigenvalue weighted by Crippen LogP contribution is -2.34. The van der Waals surface area contributed by atoms with Gasteiger partial charge < -0.3 is 10.2 Å². The molecule has 0 aromatic carbocycles. The van der Waals surface area contributed by atoms with Gasteiger partial charge in [-0.15, -0.1) is 47.0 Å². The fourth-order valence-electron chi connectivity index (χ4n) is 2.05. The maximum absolute atomic E-state index is 9.63. The highest BCUT2D eigenvalue weighted by Gasteiger charge is 2.38. The second-order valence-corrected chi connectivity index (χ2v) is 15.0. The van der Waals surface area contributed by atoms with E-state index in [-0.39, 0.29) is 18.6 Å². The molecule has 0 atom stereocenters. The summed E-state index contributed by atoms with van der Waals surface area (Å²) in [5.74, 6) is 4.04. The van der Waals surface area contributed by atoms with Gasteiger partial charge in [-0.05, 0) is 0 Å². The molecule has 4 aliphatic heterocycles. The van der Waals surface area contributed by atoms with Crippen molar-refractivity contribution < 1.29 is 10.2 Å². The Labute approximate surface area is 170 Å². The summed E-state index contributed by atoms with van der Waals surface area (Å²) >= 11 is 15.3. The van der Waals surface area contributed by atoms with Crippen LogP contribution in [0.2, 0.25) is 0 Å². The van der Waals surface area contributed by atoms with Gasteiger partial charge in [0.2, 0.25) is 0 Å². The van der Waals surface area contributed by atoms with Crippen molar-refractivity contribution in [2.45, 2.75) is 0 Å². The van der Waals surface area contributed by atoms with Crippen LogP contribution in [-0.2, 0) is 0 Å². The molecule has 0 aromatic rings. The Morgan fingerprint density at radius 3 is 1.39 bits per heavy atom. The average Bonchev–Trinajstić information content (AvgIpc) is 3.16. The van der Waals surface area contributed by atoms with Crippen molar-refractivity contribution >= 4 is 94.1 Å². The highest BCUT2D eigenvalue weighted by Crippen LogP contribution is 2.67. The van der Waals surface area contributed by atoms with Crippen LogP contribution in [-0.4, -0.2) is 46.4 Å². The lowest BCUT2D eigenvalue weighted by Gasteiger charge is -2.27. The summed E-state index contributed by atoms with van der Waals surface area (Å²) in [5, 5.41) is 19.3. The van der Waals surface area contributed by atoms with E-state index in [0.29, 0.717) is 0 Å². The smallest absolute Gasteiger partial charge is 0.0717 e. The Bertz CT molecular complexity index is 563. The SMILES string of the molecule is OCC1(CO)CSC2=C(SC1)SC(=C1SC3=C(SCCS3)S1)S2. The first-order valence-corrected chi connectivity index (χ1v) is 14.1. The van der Waals surface area contributed by atoms with Crippen LogP contribution in [0.5, 0.6) is 0 Å². The molecule has 126 valence electrons. The van der Waals surface area contributed by atoms with E-state index in [4.69, 9.17) is 0 Å². The van der Waals surface area contributed by atoms with Gasteiger partial charge in [0.25, 0.3) is 0 Å². The molecule has 0 radical (unpaired) electrons. The predicted molar refractivity (Wildman–Crippen MR) is 118 cm³/mol. The third-order valence-corrected chi connectivity index (χ3v) is 16.0. The molecule has 0 aromatic heterocycles. The fourth-order valence-corrected chi connectivity index (χ4v) is 14.6. The summed E-state index contributed by atoms with van der Waals surface area (Å²) in [5.41, 5.74) is -0.348.